The SMILES string of the molecule is CC(C)([SiH2]Cl)C(Cl)CCCl. The molecule has 0 aliphatic heterocycles. The second kappa shape index (κ2) is 4.86. The Kier molecular flexibility index (Phi) is 5.39. The smallest absolute Gasteiger partial charge is 0.132 e. The van der Waals surface area contributed by atoms with Crippen molar-refractivity contribution in [1.82, 2.24) is 0 Å². The summed E-state index contributed by atoms with van der Waals surface area (Å²) in [6, 6.07) is 0. The van der Waals surface area contributed by atoms with Gasteiger partial charge in [0.15, 0.2) is 0 Å². The summed E-state index contributed by atoms with van der Waals surface area (Å²) in [4.78, 5) is 0. The first kappa shape index (κ1) is 11.1. The van der Waals surface area contributed by atoms with Gasteiger partial charge in [-0.1, -0.05) is 13.8 Å². The topological polar surface area (TPSA) is 0 Å². The highest BCUT2D eigenvalue weighted by Crippen LogP contribution is 2.35. The van der Waals surface area contributed by atoms with Crippen LogP contribution in [0.2, 0.25) is 5.04 Å². The molecule has 0 amide bonds. The van der Waals surface area contributed by atoms with Crippen LogP contribution >= 0.6 is 34.3 Å². The molecule has 10 heavy (non-hydrogen) atoms. The Hall–Kier alpha value is 1.09. The van der Waals surface area contributed by atoms with Crippen molar-refractivity contribution in [2.24, 2.45) is 0 Å². The predicted molar refractivity (Wildman–Crippen MR) is 53.4 cm³/mol. The molecule has 1 unspecified atom stereocenters. The Morgan fingerprint density at radius 2 is 2.00 bits per heavy atom. The number of hydrogen-bond acceptors (Lipinski definition) is 0. The zero-order chi connectivity index (χ0) is 8.20. The first-order chi connectivity index (χ1) is 4.54. The normalized spacial score (nSPS) is 16.5. The van der Waals surface area contributed by atoms with Gasteiger partial charge in [0.1, 0.15) is 8.83 Å². The lowest BCUT2D eigenvalue weighted by Gasteiger charge is -2.26. The van der Waals surface area contributed by atoms with Gasteiger partial charge in [-0.3, -0.25) is 0 Å². The van der Waals surface area contributed by atoms with E-state index in [-0.39, 0.29) is 10.4 Å². The summed E-state index contributed by atoms with van der Waals surface area (Å²) >= 11 is 17.4. The van der Waals surface area contributed by atoms with Gasteiger partial charge in [-0.05, 0) is 11.5 Å². The maximum Gasteiger partial charge on any atom is 0.132 e. The van der Waals surface area contributed by atoms with Crippen molar-refractivity contribution in [3.63, 3.8) is 0 Å². The van der Waals surface area contributed by atoms with Gasteiger partial charge in [0.25, 0.3) is 0 Å². The lowest BCUT2D eigenvalue weighted by atomic mass is 10.1. The first-order valence-electron chi connectivity index (χ1n) is 3.30. The molecule has 0 aliphatic carbocycles. The summed E-state index contributed by atoms with van der Waals surface area (Å²) in [5.41, 5.74) is 0. The van der Waals surface area contributed by atoms with Crippen LogP contribution < -0.4 is 0 Å². The lowest BCUT2D eigenvalue weighted by Crippen LogP contribution is -2.21. The molecule has 0 heterocycles. The highest BCUT2D eigenvalue weighted by molar-refractivity contribution is 6.95. The third kappa shape index (κ3) is 3.47. The number of halogens is 3. The molecular formula is C6H13Cl3Si. The minimum absolute atomic E-state index is 0.137. The van der Waals surface area contributed by atoms with E-state index in [2.05, 4.69) is 13.8 Å². The molecule has 0 rings (SSSR count). The van der Waals surface area contributed by atoms with Crippen molar-refractivity contribution in [2.45, 2.75) is 30.7 Å². The van der Waals surface area contributed by atoms with Gasteiger partial charge in [-0.15, -0.1) is 23.2 Å². The predicted octanol–water partition coefficient (Wildman–Crippen LogP) is 2.74. The van der Waals surface area contributed by atoms with Crippen molar-refractivity contribution >= 4 is 43.1 Å². The molecule has 1 atom stereocenters. The fourth-order valence-corrected chi connectivity index (χ4v) is 2.41. The standard InChI is InChI=1S/C6H13Cl3Si/c1-6(2,10-9)5(8)3-4-7/h5H,3-4,10H2,1-2H3. The van der Waals surface area contributed by atoms with Crippen molar-refractivity contribution in [2.75, 3.05) is 5.88 Å². The number of alkyl halides is 2. The minimum Gasteiger partial charge on any atom is -0.176 e. The molecule has 0 fully saturated rings. The maximum atomic E-state index is 6.04. The Morgan fingerprint density at radius 3 is 2.30 bits per heavy atom. The van der Waals surface area contributed by atoms with Gasteiger partial charge in [-0.2, -0.15) is 11.1 Å². The largest absolute Gasteiger partial charge is 0.176 e. The van der Waals surface area contributed by atoms with E-state index in [4.69, 9.17) is 34.3 Å². The molecule has 62 valence electrons. The van der Waals surface area contributed by atoms with Gasteiger partial charge in [-0.25, -0.2) is 0 Å². The van der Waals surface area contributed by atoms with E-state index in [9.17, 15) is 0 Å². The van der Waals surface area contributed by atoms with E-state index in [1.165, 1.54) is 0 Å². The number of hydrogen-bond donors (Lipinski definition) is 0. The summed E-state index contributed by atoms with van der Waals surface area (Å²) in [7, 11) is -0.544. The Morgan fingerprint density at radius 1 is 1.50 bits per heavy atom. The van der Waals surface area contributed by atoms with Gasteiger partial charge >= 0.3 is 0 Å². The van der Waals surface area contributed by atoms with Gasteiger partial charge in [0, 0.05) is 11.3 Å². The number of rotatable bonds is 4. The van der Waals surface area contributed by atoms with E-state index in [0.29, 0.717) is 5.88 Å². The second-order valence-corrected chi connectivity index (χ2v) is 6.86. The molecular weight excluding hydrogens is 207 g/mol. The van der Waals surface area contributed by atoms with E-state index in [0.717, 1.165) is 6.42 Å². The fourth-order valence-electron chi connectivity index (χ4n) is 0.570. The van der Waals surface area contributed by atoms with Crippen LogP contribution in [0.5, 0.6) is 0 Å². The van der Waals surface area contributed by atoms with Crippen LogP contribution in [0.25, 0.3) is 0 Å². The molecule has 0 N–H and O–H groups in total. The van der Waals surface area contributed by atoms with Crippen LogP contribution in [0.15, 0.2) is 0 Å². The van der Waals surface area contributed by atoms with Crippen LogP contribution in [0.4, 0.5) is 0 Å². The summed E-state index contributed by atoms with van der Waals surface area (Å²) in [5, 5.41) is 0.284. The van der Waals surface area contributed by atoms with E-state index in [1.54, 1.807) is 0 Å². The molecule has 0 bridgehead atoms. The van der Waals surface area contributed by atoms with Crippen molar-refractivity contribution in [3.8, 4) is 0 Å². The molecule has 0 spiro atoms. The monoisotopic (exact) mass is 218 g/mol. The van der Waals surface area contributed by atoms with E-state index < -0.39 is 8.83 Å². The van der Waals surface area contributed by atoms with Crippen LogP contribution in [0.1, 0.15) is 20.3 Å². The second-order valence-electron chi connectivity index (χ2n) is 3.07. The van der Waals surface area contributed by atoms with E-state index >= 15 is 0 Å². The Labute approximate surface area is 79.8 Å². The molecule has 0 aliphatic rings. The first-order valence-corrected chi connectivity index (χ1v) is 7.12. The molecule has 4 heteroatoms. The average molecular weight is 220 g/mol. The summed E-state index contributed by atoms with van der Waals surface area (Å²) in [5.74, 6) is 0.628. The van der Waals surface area contributed by atoms with Gasteiger partial charge in [0.2, 0.25) is 0 Å². The summed E-state index contributed by atoms with van der Waals surface area (Å²) < 4.78 is 0. The maximum absolute atomic E-state index is 6.04. The van der Waals surface area contributed by atoms with Crippen molar-refractivity contribution in [3.05, 3.63) is 0 Å². The zero-order valence-electron chi connectivity index (χ0n) is 6.33. The van der Waals surface area contributed by atoms with Crippen molar-refractivity contribution in [1.29, 1.82) is 0 Å². The van der Waals surface area contributed by atoms with Crippen LogP contribution in [-0.2, 0) is 0 Å². The molecule has 0 aromatic rings. The zero-order valence-corrected chi connectivity index (χ0v) is 10.0. The Bertz CT molecular complexity index is 95.0. The molecule has 0 saturated carbocycles. The molecule has 0 aromatic carbocycles. The van der Waals surface area contributed by atoms with Gasteiger partial charge < -0.3 is 0 Å². The summed E-state index contributed by atoms with van der Waals surface area (Å²) in [6.45, 7) is 4.22. The fraction of sp³-hybridized carbons (Fsp3) is 1.00. The lowest BCUT2D eigenvalue weighted by molar-refractivity contribution is 0.610. The molecule has 0 radical (unpaired) electrons. The third-order valence-corrected chi connectivity index (χ3v) is 6.09. The van der Waals surface area contributed by atoms with Crippen LogP contribution in [0.3, 0.4) is 0 Å². The van der Waals surface area contributed by atoms with Crippen LogP contribution in [-0.4, -0.2) is 20.1 Å². The molecule has 0 saturated heterocycles. The quantitative estimate of drug-likeness (QED) is 0.388. The highest BCUT2D eigenvalue weighted by atomic mass is 35.6. The van der Waals surface area contributed by atoms with Crippen molar-refractivity contribution < 1.29 is 0 Å². The molecule has 0 nitrogen and oxygen atoms in total. The highest BCUT2D eigenvalue weighted by Gasteiger charge is 2.26. The third-order valence-electron chi connectivity index (χ3n) is 1.55. The van der Waals surface area contributed by atoms with Crippen LogP contribution in [0, 0.1) is 0 Å². The van der Waals surface area contributed by atoms with E-state index in [1.807, 2.05) is 0 Å². The summed E-state index contributed by atoms with van der Waals surface area (Å²) in [6.07, 6.45) is 0.857. The molecule has 0 aromatic heterocycles. The van der Waals surface area contributed by atoms with Gasteiger partial charge in [0.05, 0.1) is 0 Å². The minimum atomic E-state index is -0.544. The Balaban J connectivity index is 3.78. The average Bonchev–Trinajstić information content (AvgIpc) is 1.89.